The van der Waals surface area contributed by atoms with Crippen molar-refractivity contribution in [3.63, 3.8) is 0 Å². The molecule has 0 saturated heterocycles. The van der Waals surface area contributed by atoms with Crippen molar-refractivity contribution in [1.29, 1.82) is 0 Å². The molecule has 1 rings (SSSR count). The predicted molar refractivity (Wildman–Crippen MR) is 71.0 cm³/mol. The van der Waals surface area contributed by atoms with Gasteiger partial charge >= 0.3 is 5.97 Å². The van der Waals surface area contributed by atoms with Crippen LogP contribution in [0, 0.1) is 0 Å². The van der Waals surface area contributed by atoms with Crippen LogP contribution in [0.5, 0.6) is 5.75 Å². The number of anilines is 1. The van der Waals surface area contributed by atoms with Crippen molar-refractivity contribution in [2.75, 3.05) is 24.4 Å². The zero-order valence-corrected chi connectivity index (χ0v) is 10.8. The van der Waals surface area contributed by atoms with Crippen LogP contribution in [-0.2, 0) is 4.79 Å². The van der Waals surface area contributed by atoms with Gasteiger partial charge in [-0.15, -0.1) is 0 Å². The van der Waals surface area contributed by atoms with Gasteiger partial charge in [0, 0.05) is 11.8 Å². The highest BCUT2D eigenvalue weighted by molar-refractivity contribution is 7.98. The summed E-state index contributed by atoms with van der Waals surface area (Å²) in [6, 6.07) is 6.71. The molecule has 0 radical (unpaired) electrons. The van der Waals surface area contributed by atoms with E-state index < -0.39 is 12.0 Å². The molecule has 0 heterocycles. The van der Waals surface area contributed by atoms with Crippen molar-refractivity contribution in [2.24, 2.45) is 0 Å². The number of rotatable bonds is 7. The largest absolute Gasteiger partial charge is 0.497 e. The molecule has 0 aliphatic heterocycles. The van der Waals surface area contributed by atoms with Crippen molar-refractivity contribution in [2.45, 2.75) is 12.5 Å². The molecule has 0 fully saturated rings. The average Bonchev–Trinajstić information content (AvgIpc) is 2.34. The third-order valence-corrected chi connectivity index (χ3v) is 2.96. The fraction of sp³-hybridized carbons (Fsp3) is 0.417. The summed E-state index contributed by atoms with van der Waals surface area (Å²) in [4.78, 5) is 11.1. The van der Waals surface area contributed by atoms with Gasteiger partial charge in [-0.3, -0.25) is 0 Å². The van der Waals surface area contributed by atoms with Crippen LogP contribution in [0.25, 0.3) is 0 Å². The summed E-state index contributed by atoms with van der Waals surface area (Å²) in [5.41, 5.74) is 0.762. The molecule has 1 aromatic rings. The molecule has 0 spiro atoms. The number of carboxylic acids is 1. The van der Waals surface area contributed by atoms with Crippen LogP contribution in [0.3, 0.4) is 0 Å². The van der Waals surface area contributed by atoms with E-state index in [-0.39, 0.29) is 0 Å². The zero-order chi connectivity index (χ0) is 12.7. The summed E-state index contributed by atoms with van der Waals surface area (Å²) in [6.07, 6.45) is 2.55. The molecule has 1 unspecified atom stereocenters. The van der Waals surface area contributed by atoms with Gasteiger partial charge in [0.05, 0.1) is 7.11 Å². The maximum absolute atomic E-state index is 11.1. The zero-order valence-electron chi connectivity index (χ0n) is 9.97. The lowest BCUT2D eigenvalue weighted by atomic mass is 10.2. The molecule has 0 amide bonds. The van der Waals surface area contributed by atoms with Gasteiger partial charge in [0.25, 0.3) is 0 Å². The Morgan fingerprint density at radius 1 is 1.59 bits per heavy atom. The molecule has 0 aliphatic carbocycles. The third-order valence-electron chi connectivity index (χ3n) is 2.32. The topological polar surface area (TPSA) is 58.6 Å². The Balaban J connectivity index is 2.67. The highest BCUT2D eigenvalue weighted by atomic mass is 32.2. The number of nitrogens with one attached hydrogen (secondary N) is 1. The number of hydrogen-bond donors (Lipinski definition) is 2. The van der Waals surface area contributed by atoms with Gasteiger partial charge in [0.1, 0.15) is 11.8 Å². The number of methoxy groups -OCH3 is 1. The standard InChI is InChI=1S/C12H17NO3S/c1-16-10-5-3-4-9(8-10)13-11(12(14)15)6-7-17-2/h3-5,8,11,13H,6-7H2,1-2H3,(H,14,15). The summed E-state index contributed by atoms with van der Waals surface area (Å²) in [5.74, 6) is 0.694. The van der Waals surface area contributed by atoms with E-state index in [1.165, 1.54) is 0 Å². The molecule has 0 aliphatic rings. The molecule has 1 atom stereocenters. The van der Waals surface area contributed by atoms with Gasteiger partial charge in [-0.25, -0.2) is 4.79 Å². The van der Waals surface area contributed by atoms with Gasteiger partial charge in [-0.1, -0.05) is 6.07 Å². The number of ether oxygens (including phenoxy) is 1. The van der Waals surface area contributed by atoms with Crippen molar-refractivity contribution >= 4 is 23.4 Å². The van der Waals surface area contributed by atoms with Gasteiger partial charge in [0.15, 0.2) is 0 Å². The van der Waals surface area contributed by atoms with E-state index in [0.717, 1.165) is 11.4 Å². The number of hydrogen-bond acceptors (Lipinski definition) is 4. The fourth-order valence-electron chi connectivity index (χ4n) is 1.41. The molecule has 0 aromatic heterocycles. The molecule has 5 heteroatoms. The van der Waals surface area contributed by atoms with Crippen LogP contribution < -0.4 is 10.1 Å². The first-order valence-electron chi connectivity index (χ1n) is 5.29. The highest BCUT2D eigenvalue weighted by Gasteiger charge is 2.16. The monoisotopic (exact) mass is 255 g/mol. The number of thioether (sulfide) groups is 1. The van der Waals surface area contributed by atoms with Crippen molar-refractivity contribution in [3.8, 4) is 5.75 Å². The van der Waals surface area contributed by atoms with Crippen LogP contribution >= 0.6 is 11.8 Å². The van der Waals surface area contributed by atoms with Gasteiger partial charge in [0.2, 0.25) is 0 Å². The second kappa shape index (κ2) is 7.06. The third kappa shape index (κ3) is 4.56. The van der Waals surface area contributed by atoms with E-state index in [0.29, 0.717) is 12.2 Å². The van der Waals surface area contributed by atoms with E-state index in [1.54, 1.807) is 24.9 Å². The van der Waals surface area contributed by atoms with Crippen molar-refractivity contribution in [1.82, 2.24) is 0 Å². The van der Waals surface area contributed by atoms with Gasteiger partial charge < -0.3 is 15.2 Å². The minimum Gasteiger partial charge on any atom is -0.497 e. The van der Waals surface area contributed by atoms with Crippen LogP contribution in [0.1, 0.15) is 6.42 Å². The summed E-state index contributed by atoms with van der Waals surface area (Å²) in [5, 5.41) is 12.1. The van der Waals surface area contributed by atoms with Crippen LogP contribution in [0.15, 0.2) is 24.3 Å². The number of carbonyl (C=O) groups is 1. The van der Waals surface area contributed by atoms with Crippen molar-refractivity contribution < 1.29 is 14.6 Å². The first kappa shape index (κ1) is 13.7. The molecule has 1 aromatic carbocycles. The molecule has 94 valence electrons. The normalized spacial score (nSPS) is 11.9. The average molecular weight is 255 g/mol. The number of aliphatic carboxylic acids is 1. The Morgan fingerprint density at radius 2 is 2.35 bits per heavy atom. The van der Waals surface area contributed by atoms with E-state index in [1.807, 2.05) is 24.5 Å². The van der Waals surface area contributed by atoms with Crippen LogP contribution in [0.4, 0.5) is 5.69 Å². The van der Waals surface area contributed by atoms with Crippen molar-refractivity contribution in [3.05, 3.63) is 24.3 Å². The second-order valence-corrected chi connectivity index (χ2v) is 4.53. The molecular weight excluding hydrogens is 238 g/mol. The highest BCUT2D eigenvalue weighted by Crippen LogP contribution is 2.18. The van der Waals surface area contributed by atoms with E-state index in [2.05, 4.69) is 5.32 Å². The molecule has 0 saturated carbocycles. The van der Waals surface area contributed by atoms with Crippen LogP contribution in [0.2, 0.25) is 0 Å². The Kier molecular flexibility index (Phi) is 5.69. The summed E-state index contributed by atoms with van der Waals surface area (Å²) in [7, 11) is 1.58. The maximum atomic E-state index is 11.1. The Hall–Kier alpha value is -1.36. The molecule has 4 nitrogen and oxygen atoms in total. The quantitative estimate of drug-likeness (QED) is 0.783. The first-order valence-corrected chi connectivity index (χ1v) is 6.69. The first-order chi connectivity index (χ1) is 8.17. The molecule has 2 N–H and O–H groups in total. The lowest BCUT2D eigenvalue weighted by Crippen LogP contribution is -2.29. The van der Waals surface area contributed by atoms with E-state index in [9.17, 15) is 4.79 Å². The number of benzene rings is 1. The second-order valence-electron chi connectivity index (χ2n) is 3.55. The fourth-order valence-corrected chi connectivity index (χ4v) is 1.88. The Morgan fingerprint density at radius 3 is 2.94 bits per heavy atom. The van der Waals surface area contributed by atoms with Crippen LogP contribution in [-0.4, -0.2) is 36.2 Å². The van der Waals surface area contributed by atoms with E-state index >= 15 is 0 Å². The molecular formula is C12H17NO3S. The van der Waals surface area contributed by atoms with Gasteiger partial charge in [-0.05, 0) is 30.6 Å². The summed E-state index contributed by atoms with van der Waals surface area (Å²) >= 11 is 1.64. The summed E-state index contributed by atoms with van der Waals surface area (Å²) < 4.78 is 5.09. The number of carboxylic acid groups (broad SMARTS) is 1. The lowest BCUT2D eigenvalue weighted by Gasteiger charge is -2.15. The maximum Gasteiger partial charge on any atom is 0.326 e. The Labute approximate surface area is 105 Å². The summed E-state index contributed by atoms with van der Waals surface area (Å²) in [6.45, 7) is 0. The smallest absolute Gasteiger partial charge is 0.326 e. The SMILES string of the molecule is COc1cccc(NC(CCSC)C(=O)O)c1. The Bertz CT molecular complexity index is 371. The van der Waals surface area contributed by atoms with E-state index in [4.69, 9.17) is 9.84 Å². The van der Waals surface area contributed by atoms with Gasteiger partial charge in [-0.2, -0.15) is 11.8 Å². The minimum absolute atomic E-state index is 0.561. The minimum atomic E-state index is -0.832. The molecule has 0 bridgehead atoms. The molecule has 17 heavy (non-hydrogen) atoms. The predicted octanol–water partition coefficient (Wildman–Crippen LogP) is 2.31. The lowest BCUT2D eigenvalue weighted by molar-refractivity contribution is -0.137.